The van der Waals surface area contributed by atoms with Crippen LogP contribution < -0.4 is 10.6 Å². The number of aromatic nitrogens is 2. The zero-order valence-corrected chi connectivity index (χ0v) is 11.9. The molecule has 19 heavy (non-hydrogen) atoms. The first-order chi connectivity index (χ1) is 8.84. The second-order valence-corrected chi connectivity index (χ2v) is 5.05. The maximum Gasteiger partial charge on any atom is 0.272 e. The van der Waals surface area contributed by atoms with E-state index in [4.69, 9.17) is 0 Å². The molecule has 0 saturated heterocycles. The van der Waals surface area contributed by atoms with E-state index in [1.807, 2.05) is 16.8 Å². The molecule has 0 unspecified atom stereocenters. The van der Waals surface area contributed by atoms with E-state index >= 15 is 0 Å². The molecule has 2 aromatic heterocycles. The summed E-state index contributed by atoms with van der Waals surface area (Å²) in [5, 5.41) is 17.3. The molecular formula is C12H15ClN4OS. The van der Waals surface area contributed by atoms with Gasteiger partial charge in [0.15, 0.2) is 5.69 Å². The van der Waals surface area contributed by atoms with Crippen molar-refractivity contribution in [3.63, 3.8) is 0 Å². The van der Waals surface area contributed by atoms with Gasteiger partial charge in [0.2, 0.25) is 0 Å². The lowest BCUT2D eigenvalue weighted by Gasteiger charge is -2.12. The zero-order chi connectivity index (χ0) is 12.4. The molecule has 7 heteroatoms. The molecule has 0 saturated carbocycles. The smallest absolute Gasteiger partial charge is 0.272 e. The highest BCUT2D eigenvalue weighted by Gasteiger charge is 2.21. The summed E-state index contributed by atoms with van der Waals surface area (Å²) >= 11 is 1.63. The third-order valence-electron chi connectivity index (χ3n) is 3.05. The summed E-state index contributed by atoms with van der Waals surface area (Å²) in [6, 6.07) is 2.01. The number of rotatable bonds is 3. The van der Waals surface area contributed by atoms with Crippen LogP contribution >= 0.6 is 23.7 Å². The van der Waals surface area contributed by atoms with Crippen LogP contribution in [0, 0.1) is 0 Å². The van der Waals surface area contributed by atoms with E-state index in [9.17, 15) is 4.79 Å². The van der Waals surface area contributed by atoms with Crippen LogP contribution in [0.5, 0.6) is 0 Å². The van der Waals surface area contributed by atoms with Gasteiger partial charge in [-0.2, -0.15) is 16.4 Å². The Morgan fingerprint density at radius 2 is 2.42 bits per heavy atom. The molecule has 0 aromatic carbocycles. The Kier molecular flexibility index (Phi) is 4.57. The molecule has 0 aliphatic carbocycles. The third-order valence-corrected chi connectivity index (χ3v) is 3.79. The predicted octanol–water partition coefficient (Wildman–Crippen LogP) is 1.47. The normalized spacial score (nSPS) is 13.5. The van der Waals surface area contributed by atoms with E-state index in [-0.39, 0.29) is 18.3 Å². The van der Waals surface area contributed by atoms with Crippen LogP contribution in [0.3, 0.4) is 0 Å². The molecule has 1 aliphatic rings. The number of carbonyl (C=O) groups is 1. The highest BCUT2D eigenvalue weighted by atomic mass is 35.5. The van der Waals surface area contributed by atoms with Crippen molar-refractivity contribution in [1.29, 1.82) is 0 Å². The van der Waals surface area contributed by atoms with Gasteiger partial charge in [-0.15, -0.1) is 12.4 Å². The fourth-order valence-corrected chi connectivity index (χ4v) is 2.74. The summed E-state index contributed by atoms with van der Waals surface area (Å²) in [6.07, 6.45) is 0.903. The number of hydrogen-bond acceptors (Lipinski definition) is 4. The molecule has 102 valence electrons. The molecule has 3 heterocycles. The molecule has 1 amide bonds. The molecule has 3 N–H and O–H groups in total. The SMILES string of the molecule is Cl.O=C(NCc1ccsc1)c1n[nH]c2c1CNCC2. The highest BCUT2D eigenvalue weighted by Crippen LogP contribution is 2.15. The van der Waals surface area contributed by atoms with Crippen LogP contribution in [-0.4, -0.2) is 22.6 Å². The second kappa shape index (κ2) is 6.18. The number of nitrogens with one attached hydrogen (secondary N) is 3. The van der Waals surface area contributed by atoms with Crippen molar-refractivity contribution in [2.75, 3.05) is 6.54 Å². The molecule has 0 atom stereocenters. The predicted molar refractivity (Wildman–Crippen MR) is 76.7 cm³/mol. The van der Waals surface area contributed by atoms with Gasteiger partial charge >= 0.3 is 0 Å². The number of carbonyl (C=O) groups excluding carboxylic acids is 1. The number of aromatic amines is 1. The summed E-state index contributed by atoms with van der Waals surface area (Å²) in [6.45, 7) is 2.20. The van der Waals surface area contributed by atoms with Crippen LogP contribution in [0.25, 0.3) is 0 Å². The van der Waals surface area contributed by atoms with Crippen LogP contribution in [0.1, 0.15) is 27.3 Å². The Morgan fingerprint density at radius 3 is 3.21 bits per heavy atom. The van der Waals surface area contributed by atoms with Gasteiger partial charge in [-0.05, 0) is 22.4 Å². The van der Waals surface area contributed by atoms with Crippen LogP contribution in [0.15, 0.2) is 16.8 Å². The maximum atomic E-state index is 12.1. The van der Waals surface area contributed by atoms with E-state index in [0.29, 0.717) is 18.8 Å². The van der Waals surface area contributed by atoms with Crippen LogP contribution in [-0.2, 0) is 19.5 Å². The summed E-state index contributed by atoms with van der Waals surface area (Å²) in [4.78, 5) is 12.1. The largest absolute Gasteiger partial charge is 0.347 e. The van der Waals surface area contributed by atoms with E-state index in [1.165, 1.54) is 0 Å². The molecule has 0 radical (unpaired) electrons. The lowest BCUT2D eigenvalue weighted by atomic mass is 10.1. The number of H-pyrrole nitrogens is 1. The van der Waals surface area contributed by atoms with Crippen molar-refractivity contribution < 1.29 is 4.79 Å². The van der Waals surface area contributed by atoms with Crippen molar-refractivity contribution in [2.45, 2.75) is 19.5 Å². The molecule has 0 spiro atoms. The van der Waals surface area contributed by atoms with E-state index in [1.54, 1.807) is 11.3 Å². The van der Waals surface area contributed by atoms with E-state index in [2.05, 4.69) is 20.8 Å². The van der Waals surface area contributed by atoms with Crippen molar-refractivity contribution in [2.24, 2.45) is 0 Å². The Balaban J connectivity index is 0.00000133. The van der Waals surface area contributed by atoms with Crippen LogP contribution in [0.4, 0.5) is 0 Å². The van der Waals surface area contributed by atoms with Gasteiger partial charge in [0, 0.05) is 37.3 Å². The van der Waals surface area contributed by atoms with Gasteiger partial charge in [0.1, 0.15) is 0 Å². The van der Waals surface area contributed by atoms with Crippen molar-refractivity contribution >= 4 is 29.7 Å². The number of nitrogens with zero attached hydrogens (tertiary/aromatic N) is 1. The van der Waals surface area contributed by atoms with E-state index < -0.39 is 0 Å². The number of thiophene rings is 1. The van der Waals surface area contributed by atoms with Gasteiger partial charge in [0.05, 0.1) is 0 Å². The molecular weight excluding hydrogens is 284 g/mol. The average Bonchev–Trinajstić information content (AvgIpc) is 3.05. The maximum absolute atomic E-state index is 12.1. The first-order valence-corrected chi connectivity index (χ1v) is 6.85. The first-order valence-electron chi connectivity index (χ1n) is 5.90. The Morgan fingerprint density at radius 1 is 1.53 bits per heavy atom. The minimum atomic E-state index is -0.109. The first kappa shape index (κ1) is 14.0. The molecule has 3 rings (SSSR count). The average molecular weight is 299 g/mol. The quantitative estimate of drug-likeness (QED) is 0.804. The monoisotopic (exact) mass is 298 g/mol. The number of fused-ring (bicyclic) bond motifs is 1. The molecule has 2 aromatic rings. The number of halogens is 1. The van der Waals surface area contributed by atoms with Crippen molar-refractivity contribution in [1.82, 2.24) is 20.8 Å². The minimum absolute atomic E-state index is 0. The summed E-state index contributed by atoms with van der Waals surface area (Å²) in [5.41, 5.74) is 3.72. The molecule has 1 aliphatic heterocycles. The molecule has 0 fully saturated rings. The lowest BCUT2D eigenvalue weighted by molar-refractivity contribution is 0.0944. The highest BCUT2D eigenvalue weighted by molar-refractivity contribution is 7.07. The number of hydrogen-bond donors (Lipinski definition) is 3. The Bertz CT molecular complexity index is 552. The molecule has 0 bridgehead atoms. The fraction of sp³-hybridized carbons (Fsp3) is 0.333. The van der Waals surface area contributed by atoms with Gasteiger partial charge < -0.3 is 10.6 Å². The number of amides is 1. The molecule has 5 nitrogen and oxygen atoms in total. The third kappa shape index (κ3) is 2.97. The van der Waals surface area contributed by atoms with Gasteiger partial charge in [-0.3, -0.25) is 9.89 Å². The Labute approximate surface area is 121 Å². The topological polar surface area (TPSA) is 69.8 Å². The summed E-state index contributed by atoms with van der Waals surface area (Å²) in [7, 11) is 0. The zero-order valence-electron chi connectivity index (χ0n) is 10.2. The standard InChI is InChI=1S/C12H14N4OS.ClH/c17-12(14-5-8-2-4-18-7-8)11-9-6-13-3-1-10(9)15-16-11;/h2,4,7,13H,1,3,5-6H2,(H,14,17)(H,15,16);1H. The van der Waals surface area contributed by atoms with E-state index in [0.717, 1.165) is 29.8 Å². The van der Waals surface area contributed by atoms with Gasteiger partial charge in [-0.1, -0.05) is 0 Å². The van der Waals surface area contributed by atoms with Gasteiger partial charge in [-0.25, -0.2) is 0 Å². The van der Waals surface area contributed by atoms with Crippen molar-refractivity contribution in [3.8, 4) is 0 Å². The Hall–Kier alpha value is -1.37. The van der Waals surface area contributed by atoms with Crippen LogP contribution in [0.2, 0.25) is 0 Å². The summed E-state index contributed by atoms with van der Waals surface area (Å²) in [5.74, 6) is -0.109. The fourth-order valence-electron chi connectivity index (χ4n) is 2.07. The van der Waals surface area contributed by atoms with Gasteiger partial charge in [0.25, 0.3) is 5.91 Å². The lowest BCUT2D eigenvalue weighted by Crippen LogP contribution is -2.28. The minimum Gasteiger partial charge on any atom is -0.347 e. The van der Waals surface area contributed by atoms with Crippen molar-refractivity contribution in [3.05, 3.63) is 39.3 Å². The summed E-state index contributed by atoms with van der Waals surface area (Å²) < 4.78 is 0. The second-order valence-electron chi connectivity index (χ2n) is 4.27.